The molecule has 0 atom stereocenters. The Morgan fingerprint density at radius 1 is 0.964 bits per heavy atom. The van der Waals surface area contributed by atoms with Crippen molar-refractivity contribution < 1.29 is 4.74 Å². The third kappa shape index (κ3) is 5.36. The van der Waals surface area contributed by atoms with E-state index in [4.69, 9.17) is 4.74 Å². The zero-order chi connectivity index (χ0) is 19.9. The lowest BCUT2D eigenvalue weighted by Gasteiger charge is -2.13. The first kappa shape index (κ1) is 19.5. The van der Waals surface area contributed by atoms with Gasteiger partial charge in [0.25, 0.3) is 0 Å². The molecular formula is C22H27N5O. The highest BCUT2D eigenvalue weighted by Crippen LogP contribution is 2.19. The molecule has 146 valence electrons. The fourth-order valence-corrected chi connectivity index (χ4v) is 2.81. The molecular weight excluding hydrogens is 350 g/mol. The molecule has 0 aliphatic heterocycles. The van der Waals surface area contributed by atoms with Gasteiger partial charge in [-0.3, -0.25) is 0 Å². The summed E-state index contributed by atoms with van der Waals surface area (Å²) in [6.07, 6.45) is 0.905. The molecule has 3 aromatic rings. The highest BCUT2D eigenvalue weighted by Gasteiger charge is 2.04. The molecule has 0 spiro atoms. The molecule has 1 aromatic heterocycles. The number of anilines is 4. The van der Waals surface area contributed by atoms with Gasteiger partial charge in [0.2, 0.25) is 5.95 Å². The second kappa shape index (κ2) is 9.08. The third-order valence-corrected chi connectivity index (χ3v) is 4.37. The molecule has 0 aliphatic rings. The van der Waals surface area contributed by atoms with E-state index in [9.17, 15) is 0 Å². The Hall–Kier alpha value is -3.28. The Morgan fingerprint density at radius 2 is 1.68 bits per heavy atom. The van der Waals surface area contributed by atoms with Crippen molar-refractivity contribution in [3.8, 4) is 5.75 Å². The lowest BCUT2D eigenvalue weighted by Crippen LogP contribution is -2.09. The number of ether oxygens (including phenoxy) is 1. The third-order valence-electron chi connectivity index (χ3n) is 4.37. The average Bonchev–Trinajstić information content (AvgIpc) is 2.68. The van der Waals surface area contributed by atoms with E-state index in [1.807, 2.05) is 51.4 Å². The van der Waals surface area contributed by atoms with Gasteiger partial charge in [0.05, 0.1) is 7.11 Å². The van der Waals surface area contributed by atoms with Crippen LogP contribution in [0.15, 0.2) is 54.6 Å². The van der Waals surface area contributed by atoms with Crippen molar-refractivity contribution in [2.45, 2.75) is 13.3 Å². The topological polar surface area (TPSA) is 62.3 Å². The van der Waals surface area contributed by atoms with E-state index in [2.05, 4.69) is 49.8 Å². The van der Waals surface area contributed by atoms with Gasteiger partial charge in [-0.05, 0) is 55.3 Å². The number of hydrogen-bond donors (Lipinski definition) is 2. The van der Waals surface area contributed by atoms with Crippen molar-refractivity contribution in [1.29, 1.82) is 0 Å². The number of hydrogen-bond acceptors (Lipinski definition) is 6. The molecule has 0 amide bonds. The molecule has 1 heterocycles. The lowest BCUT2D eigenvalue weighted by atomic mass is 10.1. The molecule has 2 N–H and O–H groups in total. The summed E-state index contributed by atoms with van der Waals surface area (Å²) in [7, 11) is 5.72. The van der Waals surface area contributed by atoms with Crippen LogP contribution in [-0.4, -0.2) is 37.7 Å². The fourth-order valence-electron chi connectivity index (χ4n) is 2.81. The van der Waals surface area contributed by atoms with Crippen LogP contribution < -0.4 is 20.3 Å². The van der Waals surface area contributed by atoms with Gasteiger partial charge < -0.3 is 20.3 Å². The summed E-state index contributed by atoms with van der Waals surface area (Å²) >= 11 is 0. The minimum Gasteiger partial charge on any atom is -0.497 e. The van der Waals surface area contributed by atoms with Gasteiger partial charge in [0, 0.05) is 43.8 Å². The summed E-state index contributed by atoms with van der Waals surface area (Å²) in [5.74, 6) is 2.27. The van der Waals surface area contributed by atoms with Gasteiger partial charge in [-0.25, -0.2) is 4.98 Å². The van der Waals surface area contributed by atoms with Crippen LogP contribution in [0.4, 0.5) is 23.1 Å². The highest BCUT2D eigenvalue weighted by molar-refractivity contribution is 5.59. The minimum absolute atomic E-state index is 0.588. The first-order valence-corrected chi connectivity index (χ1v) is 9.30. The molecule has 0 bridgehead atoms. The van der Waals surface area contributed by atoms with Crippen molar-refractivity contribution >= 4 is 23.1 Å². The number of aryl methyl sites for hydroxylation is 1. The minimum atomic E-state index is 0.588. The lowest BCUT2D eigenvalue weighted by molar-refractivity contribution is 0.414. The van der Waals surface area contributed by atoms with Gasteiger partial charge in [0.15, 0.2) is 0 Å². The smallest absolute Gasteiger partial charge is 0.229 e. The quantitative estimate of drug-likeness (QED) is 0.612. The van der Waals surface area contributed by atoms with Crippen molar-refractivity contribution in [3.63, 3.8) is 0 Å². The van der Waals surface area contributed by atoms with Crippen LogP contribution in [0, 0.1) is 6.92 Å². The standard InChI is InChI=1S/C22H27N5O/c1-16-15-21(23-14-13-17-5-11-20(28-4)12-6-17)26-22(24-16)25-18-7-9-19(10-8-18)27(2)3/h5-12,15H,13-14H2,1-4H3,(H2,23,24,25,26). The number of benzene rings is 2. The number of methoxy groups -OCH3 is 1. The SMILES string of the molecule is COc1ccc(CCNc2cc(C)nc(Nc3ccc(N(C)C)cc3)n2)cc1. The number of rotatable bonds is 8. The molecule has 6 nitrogen and oxygen atoms in total. The van der Waals surface area contributed by atoms with Crippen molar-refractivity contribution in [3.05, 3.63) is 65.9 Å². The Labute approximate surface area is 166 Å². The predicted octanol–water partition coefficient (Wildman–Crippen LogP) is 4.26. The van der Waals surface area contributed by atoms with Gasteiger partial charge in [-0.1, -0.05) is 12.1 Å². The molecule has 3 rings (SSSR count). The fraction of sp³-hybridized carbons (Fsp3) is 0.273. The molecule has 0 saturated heterocycles. The van der Waals surface area contributed by atoms with Crippen LogP contribution in [0.3, 0.4) is 0 Å². The van der Waals surface area contributed by atoms with Crippen molar-refractivity contribution in [2.75, 3.05) is 43.3 Å². The molecule has 0 radical (unpaired) electrons. The van der Waals surface area contributed by atoms with Crippen LogP contribution in [-0.2, 0) is 6.42 Å². The highest BCUT2D eigenvalue weighted by atomic mass is 16.5. The zero-order valence-electron chi connectivity index (χ0n) is 16.9. The molecule has 6 heteroatoms. The molecule has 28 heavy (non-hydrogen) atoms. The van der Waals surface area contributed by atoms with E-state index < -0.39 is 0 Å². The molecule has 2 aromatic carbocycles. The van der Waals surface area contributed by atoms with Gasteiger partial charge in [-0.2, -0.15) is 4.98 Å². The Kier molecular flexibility index (Phi) is 6.32. The van der Waals surface area contributed by atoms with Crippen LogP contribution in [0.25, 0.3) is 0 Å². The van der Waals surface area contributed by atoms with E-state index in [-0.39, 0.29) is 0 Å². The first-order chi connectivity index (χ1) is 13.5. The van der Waals surface area contributed by atoms with Gasteiger partial charge >= 0.3 is 0 Å². The van der Waals surface area contributed by atoms with Gasteiger partial charge in [0.1, 0.15) is 11.6 Å². The summed E-state index contributed by atoms with van der Waals surface area (Å²) in [6, 6.07) is 18.2. The van der Waals surface area contributed by atoms with Crippen LogP contribution in [0.2, 0.25) is 0 Å². The maximum absolute atomic E-state index is 5.19. The van der Waals surface area contributed by atoms with E-state index in [1.54, 1.807) is 7.11 Å². The largest absolute Gasteiger partial charge is 0.497 e. The molecule has 0 fully saturated rings. The predicted molar refractivity (Wildman–Crippen MR) is 116 cm³/mol. The molecule has 0 saturated carbocycles. The average molecular weight is 377 g/mol. The van der Waals surface area contributed by atoms with E-state index in [0.29, 0.717) is 5.95 Å². The summed E-state index contributed by atoms with van der Waals surface area (Å²) in [5, 5.41) is 6.66. The first-order valence-electron chi connectivity index (χ1n) is 9.30. The Bertz CT molecular complexity index is 892. The number of nitrogens with one attached hydrogen (secondary N) is 2. The zero-order valence-corrected chi connectivity index (χ0v) is 16.9. The van der Waals surface area contributed by atoms with E-state index in [0.717, 1.165) is 41.6 Å². The monoisotopic (exact) mass is 377 g/mol. The maximum atomic E-state index is 5.19. The van der Waals surface area contributed by atoms with Crippen LogP contribution in [0.1, 0.15) is 11.3 Å². The van der Waals surface area contributed by atoms with E-state index >= 15 is 0 Å². The molecule has 0 aliphatic carbocycles. The summed E-state index contributed by atoms with van der Waals surface area (Å²) in [4.78, 5) is 11.1. The summed E-state index contributed by atoms with van der Waals surface area (Å²) in [6.45, 7) is 2.76. The molecule has 0 unspecified atom stereocenters. The second-order valence-electron chi connectivity index (χ2n) is 6.81. The van der Waals surface area contributed by atoms with E-state index in [1.165, 1.54) is 5.56 Å². The van der Waals surface area contributed by atoms with Crippen molar-refractivity contribution in [2.24, 2.45) is 0 Å². The van der Waals surface area contributed by atoms with Crippen LogP contribution >= 0.6 is 0 Å². The number of nitrogens with zero attached hydrogens (tertiary/aromatic N) is 3. The van der Waals surface area contributed by atoms with Gasteiger partial charge in [-0.15, -0.1) is 0 Å². The maximum Gasteiger partial charge on any atom is 0.229 e. The Balaban J connectivity index is 1.60. The van der Waals surface area contributed by atoms with Crippen LogP contribution in [0.5, 0.6) is 5.75 Å². The second-order valence-corrected chi connectivity index (χ2v) is 6.81. The summed E-state index contributed by atoms with van der Waals surface area (Å²) < 4.78 is 5.19. The number of aromatic nitrogens is 2. The Morgan fingerprint density at radius 3 is 2.32 bits per heavy atom. The van der Waals surface area contributed by atoms with Crippen molar-refractivity contribution in [1.82, 2.24) is 9.97 Å². The summed E-state index contributed by atoms with van der Waals surface area (Å²) in [5.41, 5.74) is 4.27. The normalized spacial score (nSPS) is 10.4.